The smallest absolute Gasteiger partial charge is 0.417 e. The van der Waals surface area contributed by atoms with E-state index in [1.807, 2.05) is 0 Å². The number of fused-ring (bicyclic) bond motifs is 1. The van der Waals surface area contributed by atoms with E-state index in [0.717, 1.165) is 18.2 Å². The van der Waals surface area contributed by atoms with E-state index in [1.54, 1.807) is 0 Å². The third-order valence-corrected chi connectivity index (χ3v) is 3.31. The first kappa shape index (κ1) is 15.8. The minimum absolute atomic E-state index is 0.0496. The molecule has 0 atom stereocenters. The molecule has 24 heavy (non-hydrogen) atoms. The fourth-order valence-corrected chi connectivity index (χ4v) is 2.23. The number of nitrogens with zero attached hydrogens (tertiary/aromatic N) is 1. The van der Waals surface area contributed by atoms with Gasteiger partial charge in [-0.25, -0.2) is 4.39 Å². The summed E-state index contributed by atoms with van der Waals surface area (Å²) in [6.45, 7) is 0. The van der Waals surface area contributed by atoms with Gasteiger partial charge in [0.1, 0.15) is 11.6 Å². The summed E-state index contributed by atoms with van der Waals surface area (Å²) in [4.78, 5) is 12.2. The van der Waals surface area contributed by atoms with Crippen LogP contribution in [-0.2, 0) is 6.18 Å². The summed E-state index contributed by atoms with van der Waals surface area (Å²) in [5, 5.41) is 18.1. The lowest BCUT2D eigenvalue weighted by atomic mass is 10.1. The molecule has 0 aliphatic carbocycles. The fraction of sp³-hybridized carbons (Fsp3) is 0.0667. The number of anilines is 1. The van der Waals surface area contributed by atoms with Crippen LogP contribution in [0, 0.1) is 5.82 Å². The summed E-state index contributed by atoms with van der Waals surface area (Å²) in [7, 11) is 0. The van der Waals surface area contributed by atoms with Crippen LogP contribution >= 0.6 is 0 Å². The van der Waals surface area contributed by atoms with Crippen molar-refractivity contribution in [2.75, 3.05) is 5.32 Å². The van der Waals surface area contributed by atoms with E-state index in [0.29, 0.717) is 17.5 Å². The van der Waals surface area contributed by atoms with Gasteiger partial charge in [0.2, 0.25) is 0 Å². The van der Waals surface area contributed by atoms with Crippen LogP contribution in [0.1, 0.15) is 15.9 Å². The number of carbonyl (C=O) groups excluding carboxylic acids is 1. The number of phenolic OH excluding ortho intramolecular Hbond substituents is 1. The molecule has 1 aromatic heterocycles. The van der Waals surface area contributed by atoms with Gasteiger partial charge in [-0.1, -0.05) is 0 Å². The minimum atomic E-state index is -4.77. The van der Waals surface area contributed by atoms with E-state index in [4.69, 9.17) is 0 Å². The molecule has 0 aliphatic heterocycles. The molecule has 0 aliphatic rings. The predicted octanol–water partition coefficient (Wildman–Crippen LogP) is 3.68. The Hall–Kier alpha value is -3.10. The number of amides is 1. The molecule has 0 fully saturated rings. The van der Waals surface area contributed by atoms with Crippen LogP contribution in [0.2, 0.25) is 0 Å². The Kier molecular flexibility index (Phi) is 3.63. The van der Waals surface area contributed by atoms with Crippen LogP contribution < -0.4 is 5.32 Å². The summed E-state index contributed by atoms with van der Waals surface area (Å²) in [5.74, 6) is -2.17. The Morgan fingerprint density at radius 2 is 1.92 bits per heavy atom. The highest BCUT2D eigenvalue weighted by Crippen LogP contribution is 2.34. The minimum Gasteiger partial charge on any atom is -0.508 e. The molecule has 0 spiro atoms. The molecule has 9 heteroatoms. The van der Waals surface area contributed by atoms with Gasteiger partial charge in [0.25, 0.3) is 5.91 Å². The molecule has 0 saturated carbocycles. The summed E-state index contributed by atoms with van der Waals surface area (Å²) in [6, 6.07) is 5.76. The van der Waals surface area contributed by atoms with E-state index in [2.05, 4.69) is 15.5 Å². The number of phenols is 1. The maximum absolute atomic E-state index is 13.1. The first-order valence-corrected chi connectivity index (χ1v) is 6.61. The van der Waals surface area contributed by atoms with E-state index < -0.39 is 34.8 Å². The van der Waals surface area contributed by atoms with Crippen molar-refractivity contribution in [3.05, 3.63) is 53.3 Å². The molecule has 1 heterocycles. The summed E-state index contributed by atoms with van der Waals surface area (Å²) in [5.41, 5.74) is -1.67. The van der Waals surface area contributed by atoms with Gasteiger partial charge in [0.15, 0.2) is 5.82 Å². The van der Waals surface area contributed by atoms with Crippen LogP contribution in [0.4, 0.5) is 23.4 Å². The second-order valence-electron chi connectivity index (χ2n) is 4.94. The molecule has 0 radical (unpaired) electrons. The zero-order chi connectivity index (χ0) is 17.5. The summed E-state index contributed by atoms with van der Waals surface area (Å²) < 4.78 is 52.1. The van der Waals surface area contributed by atoms with Crippen molar-refractivity contribution >= 4 is 22.6 Å². The molecule has 2 aromatic carbocycles. The Bertz CT molecular complexity index is 934. The van der Waals surface area contributed by atoms with Crippen molar-refractivity contribution in [2.45, 2.75) is 6.18 Å². The lowest BCUT2D eigenvalue weighted by Crippen LogP contribution is -2.19. The van der Waals surface area contributed by atoms with Crippen LogP contribution in [-0.4, -0.2) is 21.2 Å². The highest BCUT2D eigenvalue weighted by Gasteiger charge is 2.35. The SMILES string of the molecule is O=C(Nc1n[nH]c2cc(F)ccc12)c1cc(O)ccc1C(F)(F)F. The maximum Gasteiger partial charge on any atom is 0.417 e. The number of aromatic hydroxyl groups is 1. The van der Waals surface area contributed by atoms with Gasteiger partial charge >= 0.3 is 6.18 Å². The average molecular weight is 339 g/mol. The zero-order valence-corrected chi connectivity index (χ0v) is 11.8. The lowest BCUT2D eigenvalue weighted by Gasteiger charge is -2.12. The van der Waals surface area contributed by atoms with Crippen molar-refractivity contribution in [1.82, 2.24) is 10.2 Å². The molecule has 0 unspecified atom stereocenters. The standard InChI is InChI=1S/C15H9F4N3O2/c16-7-1-3-9-12(5-7)21-22-13(9)20-14(24)10-6-8(23)2-4-11(10)15(17,18)19/h1-6,23H,(H2,20,21,22,24). The van der Waals surface area contributed by atoms with E-state index >= 15 is 0 Å². The number of aromatic amines is 1. The Morgan fingerprint density at radius 1 is 1.17 bits per heavy atom. The van der Waals surface area contributed by atoms with Crippen molar-refractivity contribution < 1.29 is 27.5 Å². The molecular weight excluding hydrogens is 330 g/mol. The Labute approximate surface area is 131 Å². The van der Waals surface area contributed by atoms with Crippen molar-refractivity contribution in [2.24, 2.45) is 0 Å². The monoisotopic (exact) mass is 339 g/mol. The van der Waals surface area contributed by atoms with Gasteiger partial charge in [-0.15, -0.1) is 0 Å². The van der Waals surface area contributed by atoms with Crippen molar-refractivity contribution in [3.63, 3.8) is 0 Å². The Morgan fingerprint density at radius 3 is 2.62 bits per heavy atom. The molecule has 3 N–H and O–H groups in total. The van der Waals surface area contributed by atoms with Gasteiger partial charge in [0.05, 0.1) is 16.6 Å². The third kappa shape index (κ3) is 2.87. The molecule has 3 aromatic rings. The quantitative estimate of drug-likeness (QED) is 0.623. The van der Waals surface area contributed by atoms with Gasteiger partial charge in [-0.05, 0) is 36.4 Å². The molecule has 5 nitrogen and oxygen atoms in total. The molecule has 0 bridgehead atoms. The number of hydrogen-bond acceptors (Lipinski definition) is 3. The maximum atomic E-state index is 13.1. The number of hydrogen-bond donors (Lipinski definition) is 3. The summed E-state index contributed by atoms with van der Waals surface area (Å²) in [6.07, 6.45) is -4.77. The predicted molar refractivity (Wildman–Crippen MR) is 77.1 cm³/mol. The number of benzene rings is 2. The summed E-state index contributed by atoms with van der Waals surface area (Å²) >= 11 is 0. The third-order valence-electron chi connectivity index (χ3n) is 3.31. The van der Waals surface area contributed by atoms with Crippen molar-refractivity contribution in [1.29, 1.82) is 0 Å². The normalized spacial score (nSPS) is 11.7. The number of halogens is 4. The zero-order valence-electron chi connectivity index (χ0n) is 11.8. The van der Waals surface area contributed by atoms with Gasteiger partial charge in [-0.3, -0.25) is 9.89 Å². The van der Waals surface area contributed by atoms with Crippen LogP contribution in [0.25, 0.3) is 10.9 Å². The van der Waals surface area contributed by atoms with E-state index in [-0.39, 0.29) is 11.3 Å². The number of aromatic nitrogens is 2. The lowest BCUT2D eigenvalue weighted by molar-refractivity contribution is -0.137. The molecular formula is C15H9F4N3O2. The number of alkyl halides is 3. The second kappa shape index (κ2) is 5.52. The van der Waals surface area contributed by atoms with Gasteiger partial charge in [0, 0.05) is 5.39 Å². The fourth-order valence-electron chi connectivity index (χ4n) is 2.23. The second-order valence-corrected chi connectivity index (χ2v) is 4.94. The Balaban J connectivity index is 1.99. The molecule has 0 saturated heterocycles. The average Bonchev–Trinajstić information content (AvgIpc) is 2.88. The number of carbonyl (C=O) groups is 1. The van der Waals surface area contributed by atoms with E-state index in [9.17, 15) is 27.5 Å². The van der Waals surface area contributed by atoms with Crippen molar-refractivity contribution in [3.8, 4) is 5.75 Å². The van der Waals surface area contributed by atoms with Crippen LogP contribution in [0.15, 0.2) is 36.4 Å². The first-order valence-electron chi connectivity index (χ1n) is 6.61. The molecule has 124 valence electrons. The van der Waals surface area contributed by atoms with E-state index in [1.165, 1.54) is 6.07 Å². The highest BCUT2D eigenvalue weighted by molar-refractivity contribution is 6.08. The number of nitrogens with one attached hydrogen (secondary N) is 2. The first-order chi connectivity index (χ1) is 11.3. The van der Waals surface area contributed by atoms with Crippen LogP contribution in [0.5, 0.6) is 5.75 Å². The van der Waals surface area contributed by atoms with Crippen LogP contribution in [0.3, 0.4) is 0 Å². The number of H-pyrrole nitrogens is 1. The topological polar surface area (TPSA) is 78.0 Å². The van der Waals surface area contributed by atoms with Gasteiger partial charge < -0.3 is 10.4 Å². The molecule has 1 amide bonds. The number of rotatable bonds is 2. The van der Waals surface area contributed by atoms with Gasteiger partial charge in [-0.2, -0.15) is 18.3 Å². The molecule has 3 rings (SSSR count). The largest absolute Gasteiger partial charge is 0.508 e. The highest BCUT2D eigenvalue weighted by atomic mass is 19.4.